The van der Waals surface area contributed by atoms with Crippen LogP contribution in [0.4, 0.5) is 0 Å². The van der Waals surface area contributed by atoms with Gasteiger partial charge >= 0.3 is 0 Å². The number of phenols is 2. The van der Waals surface area contributed by atoms with Crippen LogP contribution in [0.1, 0.15) is 21.5 Å². The maximum absolute atomic E-state index is 12.1. The van der Waals surface area contributed by atoms with Crippen molar-refractivity contribution in [3.05, 3.63) is 87.4 Å². The average Bonchev–Trinajstić information content (AvgIpc) is 2.66. The smallest absolute Gasteiger partial charge is 0.271 e. The van der Waals surface area contributed by atoms with E-state index < -0.39 is 5.91 Å². The first kappa shape index (κ1) is 20.5. The fourth-order valence-corrected chi connectivity index (χ4v) is 2.88. The molecule has 3 rings (SSSR count). The summed E-state index contributed by atoms with van der Waals surface area (Å²) < 4.78 is 5.82. The molecule has 8 heteroatoms. The van der Waals surface area contributed by atoms with Gasteiger partial charge in [-0.1, -0.05) is 35.3 Å². The number of rotatable bonds is 6. The van der Waals surface area contributed by atoms with Gasteiger partial charge in [-0.3, -0.25) is 4.79 Å². The second-order valence-corrected chi connectivity index (χ2v) is 6.91. The highest BCUT2D eigenvalue weighted by Gasteiger charge is 2.08. The zero-order valence-electron chi connectivity index (χ0n) is 15.0. The van der Waals surface area contributed by atoms with E-state index in [0.717, 1.165) is 11.6 Å². The normalized spacial score (nSPS) is 10.8. The molecular weight excluding hydrogens is 415 g/mol. The van der Waals surface area contributed by atoms with Crippen LogP contribution >= 0.6 is 23.2 Å². The number of carbonyl (C=O) groups excluding carboxylic acids is 1. The van der Waals surface area contributed by atoms with Crippen molar-refractivity contribution in [3.63, 3.8) is 0 Å². The maximum Gasteiger partial charge on any atom is 0.271 e. The Morgan fingerprint density at radius 1 is 1.00 bits per heavy atom. The summed E-state index contributed by atoms with van der Waals surface area (Å²) in [5, 5.41) is 23.9. The SMILES string of the molecule is O=C(N/N=C\c1cc(Cl)ccc1OCc1cccc(Cl)c1)c1cc(O)cc(O)c1. The van der Waals surface area contributed by atoms with Gasteiger partial charge in [0.15, 0.2) is 0 Å². The van der Waals surface area contributed by atoms with Crippen LogP contribution in [0.5, 0.6) is 17.2 Å². The van der Waals surface area contributed by atoms with Crippen LogP contribution in [0.15, 0.2) is 65.8 Å². The second-order valence-electron chi connectivity index (χ2n) is 6.04. The van der Waals surface area contributed by atoms with Crippen molar-refractivity contribution < 1.29 is 19.7 Å². The Labute approximate surface area is 177 Å². The first-order valence-corrected chi connectivity index (χ1v) is 9.19. The van der Waals surface area contributed by atoms with Gasteiger partial charge in [0.25, 0.3) is 5.91 Å². The summed E-state index contributed by atoms with van der Waals surface area (Å²) in [7, 11) is 0. The predicted octanol–water partition coefficient (Wildman–Crippen LogP) is 4.75. The number of halogens is 2. The van der Waals surface area contributed by atoms with Crippen LogP contribution in [0, 0.1) is 0 Å². The van der Waals surface area contributed by atoms with Gasteiger partial charge in [0.05, 0.1) is 6.21 Å². The van der Waals surface area contributed by atoms with Crippen molar-refractivity contribution in [1.29, 1.82) is 0 Å². The van der Waals surface area contributed by atoms with E-state index >= 15 is 0 Å². The molecule has 0 bridgehead atoms. The summed E-state index contributed by atoms with van der Waals surface area (Å²) in [6.45, 7) is 0.290. The van der Waals surface area contributed by atoms with Gasteiger partial charge in [0.1, 0.15) is 23.9 Å². The molecule has 0 aliphatic carbocycles. The first-order chi connectivity index (χ1) is 13.9. The number of nitrogens with one attached hydrogen (secondary N) is 1. The largest absolute Gasteiger partial charge is 0.508 e. The Bertz CT molecular complexity index is 1050. The zero-order chi connectivity index (χ0) is 20.8. The minimum atomic E-state index is -0.601. The van der Waals surface area contributed by atoms with Crippen molar-refractivity contribution in [2.75, 3.05) is 0 Å². The van der Waals surface area contributed by atoms with E-state index in [2.05, 4.69) is 10.5 Å². The van der Waals surface area contributed by atoms with Gasteiger partial charge in [0, 0.05) is 27.2 Å². The van der Waals surface area contributed by atoms with Crippen LogP contribution < -0.4 is 10.2 Å². The van der Waals surface area contributed by atoms with E-state index in [9.17, 15) is 15.0 Å². The molecule has 0 aliphatic heterocycles. The van der Waals surface area contributed by atoms with Crippen LogP contribution in [0.3, 0.4) is 0 Å². The highest BCUT2D eigenvalue weighted by Crippen LogP contribution is 2.23. The number of ether oxygens (including phenoxy) is 1. The molecule has 0 atom stereocenters. The molecule has 29 heavy (non-hydrogen) atoms. The molecule has 0 heterocycles. The predicted molar refractivity (Wildman–Crippen MR) is 112 cm³/mol. The lowest BCUT2D eigenvalue weighted by molar-refractivity contribution is 0.0954. The highest BCUT2D eigenvalue weighted by atomic mass is 35.5. The summed E-state index contributed by atoms with van der Waals surface area (Å²) in [4.78, 5) is 12.1. The topological polar surface area (TPSA) is 91.2 Å². The minimum Gasteiger partial charge on any atom is -0.508 e. The molecule has 0 saturated carbocycles. The fourth-order valence-electron chi connectivity index (χ4n) is 2.49. The Kier molecular flexibility index (Phi) is 6.59. The molecule has 148 valence electrons. The van der Waals surface area contributed by atoms with E-state index in [1.165, 1.54) is 18.3 Å². The van der Waals surface area contributed by atoms with Gasteiger partial charge < -0.3 is 14.9 Å². The number of amides is 1. The van der Waals surface area contributed by atoms with Crippen molar-refractivity contribution in [2.45, 2.75) is 6.61 Å². The lowest BCUT2D eigenvalue weighted by atomic mass is 10.2. The molecule has 0 aromatic heterocycles. The number of hydrogen-bond donors (Lipinski definition) is 3. The summed E-state index contributed by atoms with van der Waals surface area (Å²) in [5.41, 5.74) is 3.83. The molecule has 3 aromatic rings. The summed E-state index contributed by atoms with van der Waals surface area (Å²) in [6, 6.07) is 15.9. The van der Waals surface area contributed by atoms with E-state index in [4.69, 9.17) is 27.9 Å². The fraction of sp³-hybridized carbons (Fsp3) is 0.0476. The molecule has 3 aromatic carbocycles. The highest BCUT2D eigenvalue weighted by molar-refractivity contribution is 6.31. The zero-order valence-corrected chi connectivity index (χ0v) is 16.5. The van der Waals surface area contributed by atoms with E-state index in [-0.39, 0.29) is 23.7 Å². The molecule has 0 unspecified atom stereocenters. The number of aromatic hydroxyl groups is 2. The minimum absolute atomic E-state index is 0.0585. The standard InChI is InChI=1S/C21H16Cl2N2O4/c22-16-3-1-2-13(6-16)12-29-20-5-4-17(23)7-15(20)11-24-25-21(28)14-8-18(26)10-19(27)9-14/h1-11,26-27H,12H2,(H,25,28)/b24-11-. The first-order valence-electron chi connectivity index (χ1n) is 8.44. The number of benzene rings is 3. The molecule has 0 saturated heterocycles. The Morgan fingerprint density at radius 3 is 2.45 bits per heavy atom. The van der Waals surface area contributed by atoms with Crippen molar-refractivity contribution in [1.82, 2.24) is 5.43 Å². The third kappa shape index (κ3) is 5.88. The van der Waals surface area contributed by atoms with Crippen LogP contribution in [-0.2, 0) is 6.61 Å². The third-order valence-corrected chi connectivity index (χ3v) is 4.26. The summed E-state index contributed by atoms with van der Waals surface area (Å²) in [6.07, 6.45) is 1.39. The Hall–Kier alpha value is -3.22. The second kappa shape index (κ2) is 9.32. The van der Waals surface area contributed by atoms with Gasteiger partial charge in [-0.15, -0.1) is 0 Å². The lowest BCUT2D eigenvalue weighted by Gasteiger charge is -2.10. The van der Waals surface area contributed by atoms with Gasteiger partial charge in [0.2, 0.25) is 0 Å². The number of hydrogen-bond acceptors (Lipinski definition) is 5. The maximum atomic E-state index is 12.1. The van der Waals surface area contributed by atoms with Crippen LogP contribution in [-0.4, -0.2) is 22.3 Å². The third-order valence-electron chi connectivity index (χ3n) is 3.79. The van der Waals surface area contributed by atoms with E-state index in [1.807, 2.05) is 12.1 Å². The number of hydrazone groups is 1. The lowest BCUT2D eigenvalue weighted by Crippen LogP contribution is -2.17. The molecule has 0 spiro atoms. The van der Waals surface area contributed by atoms with Gasteiger partial charge in [-0.05, 0) is 48.0 Å². The molecular formula is C21H16Cl2N2O4. The van der Waals surface area contributed by atoms with Crippen molar-refractivity contribution >= 4 is 35.3 Å². The van der Waals surface area contributed by atoms with E-state index in [1.54, 1.807) is 30.3 Å². The number of carbonyl (C=O) groups is 1. The van der Waals surface area contributed by atoms with E-state index in [0.29, 0.717) is 21.4 Å². The summed E-state index contributed by atoms with van der Waals surface area (Å²) >= 11 is 12.0. The number of phenolic OH excluding ortho intramolecular Hbond substituents is 2. The van der Waals surface area contributed by atoms with Gasteiger partial charge in [-0.25, -0.2) is 5.43 Å². The quantitative estimate of drug-likeness (QED) is 0.388. The Balaban J connectivity index is 1.71. The van der Waals surface area contributed by atoms with Crippen LogP contribution in [0.25, 0.3) is 0 Å². The van der Waals surface area contributed by atoms with Gasteiger partial charge in [-0.2, -0.15) is 5.10 Å². The monoisotopic (exact) mass is 430 g/mol. The number of nitrogens with zero attached hydrogens (tertiary/aromatic N) is 1. The van der Waals surface area contributed by atoms with Crippen LogP contribution in [0.2, 0.25) is 10.0 Å². The molecule has 3 N–H and O–H groups in total. The summed E-state index contributed by atoms with van der Waals surface area (Å²) in [5.74, 6) is -0.547. The molecule has 1 amide bonds. The van der Waals surface area contributed by atoms with Crippen molar-refractivity contribution in [2.24, 2.45) is 5.10 Å². The Morgan fingerprint density at radius 2 is 1.72 bits per heavy atom. The molecule has 0 aliphatic rings. The molecule has 0 fully saturated rings. The average molecular weight is 431 g/mol. The molecule has 6 nitrogen and oxygen atoms in total. The van der Waals surface area contributed by atoms with Crippen molar-refractivity contribution in [3.8, 4) is 17.2 Å². The molecule has 0 radical (unpaired) electrons.